The summed E-state index contributed by atoms with van der Waals surface area (Å²) >= 11 is 0. The normalized spacial score (nSPS) is 11.2. The van der Waals surface area contributed by atoms with E-state index in [2.05, 4.69) is 62.3 Å². The third kappa shape index (κ3) is 5.73. The van der Waals surface area contributed by atoms with E-state index in [4.69, 9.17) is 0 Å². The molecule has 1 rings (SSSR count). The molecule has 0 heterocycles. The second-order valence-electron chi connectivity index (χ2n) is 5.12. The lowest BCUT2D eigenvalue weighted by molar-refractivity contribution is 0.367. The summed E-state index contributed by atoms with van der Waals surface area (Å²) in [5.41, 5.74) is 2.67. The molecule has 17 heavy (non-hydrogen) atoms. The van der Waals surface area contributed by atoms with Crippen LogP contribution in [0.1, 0.15) is 26.3 Å². The van der Waals surface area contributed by atoms with Gasteiger partial charge in [0, 0.05) is 18.8 Å². The molecule has 0 aliphatic heterocycles. The molecule has 0 bridgehead atoms. The van der Waals surface area contributed by atoms with Crippen LogP contribution in [0, 0.1) is 5.92 Å². The molecule has 2 nitrogen and oxygen atoms in total. The van der Waals surface area contributed by atoms with Crippen LogP contribution < -0.4 is 5.32 Å². The van der Waals surface area contributed by atoms with Crippen molar-refractivity contribution in [1.29, 1.82) is 0 Å². The highest BCUT2D eigenvalue weighted by molar-refractivity contribution is 5.45. The molecule has 0 radical (unpaired) electrons. The number of nitrogens with zero attached hydrogens (tertiary/aromatic N) is 1. The van der Waals surface area contributed by atoms with Crippen molar-refractivity contribution in [2.45, 2.75) is 27.2 Å². The molecule has 0 aliphatic rings. The Morgan fingerprint density at radius 3 is 2.71 bits per heavy atom. The van der Waals surface area contributed by atoms with Crippen molar-refractivity contribution >= 4 is 5.69 Å². The van der Waals surface area contributed by atoms with E-state index >= 15 is 0 Å². The van der Waals surface area contributed by atoms with Crippen LogP contribution in [0.25, 0.3) is 0 Å². The quantitative estimate of drug-likeness (QED) is 0.779. The van der Waals surface area contributed by atoms with E-state index in [1.54, 1.807) is 0 Å². The fraction of sp³-hybridized carbons (Fsp3) is 0.600. The first-order valence-electron chi connectivity index (χ1n) is 6.63. The Hall–Kier alpha value is -1.02. The fourth-order valence-electron chi connectivity index (χ4n) is 1.83. The SMILES string of the molecule is CCN(C)CCNc1cccc(CC(C)C)c1. The van der Waals surface area contributed by atoms with Gasteiger partial charge in [0.15, 0.2) is 0 Å². The molecule has 2 heteroatoms. The maximum absolute atomic E-state index is 3.48. The van der Waals surface area contributed by atoms with Crippen molar-refractivity contribution in [3.05, 3.63) is 29.8 Å². The van der Waals surface area contributed by atoms with Crippen LogP contribution in [0.4, 0.5) is 5.69 Å². The second kappa shape index (κ2) is 7.33. The minimum absolute atomic E-state index is 0.719. The number of rotatable bonds is 7. The molecule has 0 aliphatic carbocycles. The minimum Gasteiger partial charge on any atom is -0.384 e. The average molecular weight is 234 g/mol. The van der Waals surface area contributed by atoms with Crippen LogP contribution in [0.2, 0.25) is 0 Å². The van der Waals surface area contributed by atoms with Crippen LogP contribution in [-0.2, 0) is 6.42 Å². The van der Waals surface area contributed by atoms with E-state index in [1.165, 1.54) is 11.3 Å². The summed E-state index contributed by atoms with van der Waals surface area (Å²) in [7, 11) is 2.15. The number of likely N-dealkylation sites (N-methyl/N-ethyl adjacent to an activating group) is 1. The third-order valence-electron chi connectivity index (χ3n) is 2.93. The van der Waals surface area contributed by atoms with Gasteiger partial charge >= 0.3 is 0 Å². The first-order valence-corrected chi connectivity index (χ1v) is 6.63. The van der Waals surface area contributed by atoms with Crippen molar-refractivity contribution in [1.82, 2.24) is 4.90 Å². The highest BCUT2D eigenvalue weighted by Gasteiger charge is 1.99. The van der Waals surface area contributed by atoms with E-state index < -0.39 is 0 Å². The Morgan fingerprint density at radius 1 is 1.29 bits per heavy atom. The van der Waals surface area contributed by atoms with Crippen molar-refractivity contribution in [3.8, 4) is 0 Å². The average Bonchev–Trinajstić information content (AvgIpc) is 2.28. The van der Waals surface area contributed by atoms with Gasteiger partial charge < -0.3 is 10.2 Å². The van der Waals surface area contributed by atoms with E-state index in [-0.39, 0.29) is 0 Å². The van der Waals surface area contributed by atoms with Crippen LogP contribution in [0.15, 0.2) is 24.3 Å². The summed E-state index contributed by atoms with van der Waals surface area (Å²) in [6.45, 7) is 9.91. The molecular weight excluding hydrogens is 208 g/mol. The number of nitrogens with one attached hydrogen (secondary N) is 1. The zero-order valence-electron chi connectivity index (χ0n) is 11.7. The van der Waals surface area contributed by atoms with Crippen molar-refractivity contribution < 1.29 is 0 Å². The van der Waals surface area contributed by atoms with Gasteiger partial charge in [0.2, 0.25) is 0 Å². The molecule has 0 saturated heterocycles. The van der Waals surface area contributed by atoms with Crippen molar-refractivity contribution in [2.24, 2.45) is 5.92 Å². The van der Waals surface area contributed by atoms with Gasteiger partial charge in [-0.2, -0.15) is 0 Å². The Balaban J connectivity index is 2.43. The zero-order valence-corrected chi connectivity index (χ0v) is 11.7. The molecule has 0 atom stereocenters. The molecule has 0 unspecified atom stereocenters. The predicted octanol–water partition coefficient (Wildman–Crippen LogP) is 3.25. The Morgan fingerprint density at radius 2 is 2.06 bits per heavy atom. The summed E-state index contributed by atoms with van der Waals surface area (Å²) in [6.07, 6.45) is 1.16. The Bertz CT molecular complexity index is 320. The van der Waals surface area contributed by atoms with Crippen LogP contribution in [0.5, 0.6) is 0 Å². The lowest BCUT2D eigenvalue weighted by Crippen LogP contribution is -2.24. The fourth-order valence-corrected chi connectivity index (χ4v) is 1.83. The molecule has 1 aromatic carbocycles. The summed E-state index contributed by atoms with van der Waals surface area (Å²) in [5, 5.41) is 3.48. The Kier molecular flexibility index (Phi) is 6.06. The van der Waals surface area contributed by atoms with E-state index in [0.717, 1.165) is 32.0 Å². The lowest BCUT2D eigenvalue weighted by Gasteiger charge is -2.15. The van der Waals surface area contributed by atoms with Crippen LogP contribution in [-0.4, -0.2) is 31.6 Å². The van der Waals surface area contributed by atoms with Crippen LogP contribution >= 0.6 is 0 Å². The highest BCUT2D eigenvalue weighted by atomic mass is 15.1. The maximum Gasteiger partial charge on any atom is 0.0343 e. The van der Waals surface area contributed by atoms with Gasteiger partial charge in [0.1, 0.15) is 0 Å². The zero-order chi connectivity index (χ0) is 12.7. The largest absolute Gasteiger partial charge is 0.384 e. The van der Waals surface area contributed by atoms with Gasteiger partial charge in [-0.05, 0) is 43.6 Å². The van der Waals surface area contributed by atoms with E-state index in [0.29, 0.717) is 0 Å². The standard InChI is InChI=1S/C15H26N2/c1-5-17(4)10-9-16-15-8-6-7-14(12-15)11-13(2)3/h6-8,12-13,16H,5,9-11H2,1-4H3. The third-order valence-corrected chi connectivity index (χ3v) is 2.93. The predicted molar refractivity (Wildman–Crippen MR) is 76.6 cm³/mol. The lowest BCUT2D eigenvalue weighted by atomic mass is 10.0. The summed E-state index contributed by atoms with van der Waals surface area (Å²) in [6, 6.07) is 8.77. The molecule has 0 saturated carbocycles. The van der Waals surface area contributed by atoms with Crippen molar-refractivity contribution in [2.75, 3.05) is 32.0 Å². The maximum atomic E-state index is 3.48. The van der Waals surface area contributed by atoms with Crippen LogP contribution in [0.3, 0.4) is 0 Å². The number of benzene rings is 1. The molecule has 0 amide bonds. The summed E-state index contributed by atoms with van der Waals surface area (Å²) in [5.74, 6) is 0.719. The number of hydrogen-bond acceptors (Lipinski definition) is 2. The van der Waals surface area contributed by atoms with Gasteiger partial charge in [-0.1, -0.05) is 32.9 Å². The van der Waals surface area contributed by atoms with Gasteiger partial charge in [0.25, 0.3) is 0 Å². The van der Waals surface area contributed by atoms with Gasteiger partial charge in [-0.25, -0.2) is 0 Å². The first-order chi connectivity index (χ1) is 8.11. The molecule has 0 fully saturated rings. The number of anilines is 1. The molecular formula is C15H26N2. The van der Waals surface area contributed by atoms with Gasteiger partial charge in [-0.3, -0.25) is 0 Å². The number of hydrogen-bond donors (Lipinski definition) is 1. The monoisotopic (exact) mass is 234 g/mol. The summed E-state index contributed by atoms with van der Waals surface area (Å²) < 4.78 is 0. The smallest absolute Gasteiger partial charge is 0.0343 e. The molecule has 0 aromatic heterocycles. The van der Waals surface area contributed by atoms with Gasteiger partial charge in [-0.15, -0.1) is 0 Å². The van der Waals surface area contributed by atoms with Crippen molar-refractivity contribution in [3.63, 3.8) is 0 Å². The van der Waals surface area contributed by atoms with E-state index in [9.17, 15) is 0 Å². The van der Waals surface area contributed by atoms with Gasteiger partial charge in [0.05, 0.1) is 0 Å². The second-order valence-corrected chi connectivity index (χ2v) is 5.12. The molecule has 1 aromatic rings. The topological polar surface area (TPSA) is 15.3 Å². The van der Waals surface area contributed by atoms with E-state index in [1.807, 2.05) is 0 Å². The highest BCUT2D eigenvalue weighted by Crippen LogP contribution is 2.13. The molecule has 0 spiro atoms. The first kappa shape index (κ1) is 14.0. The minimum atomic E-state index is 0.719. The molecule has 1 N–H and O–H groups in total. The molecule has 96 valence electrons. The summed E-state index contributed by atoms with van der Waals surface area (Å²) in [4.78, 5) is 2.31. The Labute approximate surface area is 106 Å².